The van der Waals surface area contributed by atoms with Crippen LogP contribution < -0.4 is 15.5 Å². The van der Waals surface area contributed by atoms with E-state index in [0.717, 1.165) is 17.8 Å². The van der Waals surface area contributed by atoms with Gasteiger partial charge in [0.1, 0.15) is 0 Å². The number of carbonyl (C=O) groups excluding carboxylic acids is 1. The molecule has 1 fully saturated rings. The Morgan fingerprint density at radius 3 is 1.79 bits per heavy atom. The minimum atomic E-state index is -4.43. The van der Waals surface area contributed by atoms with Gasteiger partial charge in [0.25, 0.3) is 0 Å². The highest BCUT2D eigenvalue weighted by Gasteiger charge is 2.30. The zero-order valence-corrected chi connectivity index (χ0v) is 15.5. The van der Waals surface area contributed by atoms with Crippen molar-refractivity contribution in [3.05, 3.63) is 54.1 Å². The summed E-state index contributed by atoms with van der Waals surface area (Å²) in [6.45, 7) is 0.840. The summed E-state index contributed by atoms with van der Waals surface area (Å²) in [4.78, 5) is 14.0. The fourth-order valence-corrected chi connectivity index (χ4v) is 3.96. The molecule has 0 spiro atoms. The number of sulfone groups is 1. The monoisotopic (exact) mass is 413 g/mol. The van der Waals surface area contributed by atoms with Crippen LogP contribution in [0.15, 0.2) is 48.5 Å². The standard InChI is InChI=1S/C18H18F3N3O3S/c19-18(20,21)13-1-3-14(4-2-13)22-17(25)23-15-5-7-16(8-6-15)24-9-11-28(26,27)12-10-24/h1-8H,9-12H2,(H2,22,23,25). The molecule has 1 aliphatic rings. The lowest BCUT2D eigenvalue weighted by Crippen LogP contribution is -2.40. The maximum atomic E-state index is 12.5. The molecule has 2 aromatic carbocycles. The van der Waals surface area contributed by atoms with Gasteiger partial charge in [0.05, 0.1) is 17.1 Å². The van der Waals surface area contributed by atoms with Gasteiger partial charge in [-0.2, -0.15) is 13.2 Å². The van der Waals surface area contributed by atoms with Gasteiger partial charge < -0.3 is 15.5 Å². The molecule has 10 heteroatoms. The van der Waals surface area contributed by atoms with Crippen LogP contribution in [0.5, 0.6) is 0 Å². The van der Waals surface area contributed by atoms with Gasteiger partial charge in [-0.1, -0.05) is 0 Å². The fraction of sp³-hybridized carbons (Fsp3) is 0.278. The van der Waals surface area contributed by atoms with Crippen molar-refractivity contribution in [3.63, 3.8) is 0 Å². The maximum Gasteiger partial charge on any atom is 0.416 e. The van der Waals surface area contributed by atoms with Crippen LogP contribution in [0.25, 0.3) is 0 Å². The van der Waals surface area contributed by atoms with Crippen molar-refractivity contribution in [3.8, 4) is 0 Å². The molecule has 0 saturated carbocycles. The number of nitrogens with zero attached hydrogens (tertiary/aromatic N) is 1. The molecule has 150 valence electrons. The second-order valence-corrected chi connectivity index (χ2v) is 8.64. The smallest absolute Gasteiger partial charge is 0.369 e. The third-order valence-electron chi connectivity index (χ3n) is 4.30. The minimum absolute atomic E-state index is 0.114. The normalized spacial score (nSPS) is 16.5. The molecule has 2 amide bonds. The van der Waals surface area contributed by atoms with Crippen molar-refractivity contribution >= 4 is 32.9 Å². The summed E-state index contributed by atoms with van der Waals surface area (Å²) in [5.74, 6) is 0.227. The summed E-state index contributed by atoms with van der Waals surface area (Å²) in [6, 6.07) is 10.4. The van der Waals surface area contributed by atoms with Crippen molar-refractivity contribution in [1.82, 2.24) is 0 Å². The van der Waals surface area contributed by atoms with Gasteiger partial charge in [-0.05, 0) is 48.5 Å². The summed E-state index contributed by atoms with van der Waals surface area (Å²) in [7, 11) is -2.96. The van der Waals surface area contributed by atoms with E-state index < -0.39 is 27.6 Å². The number of carbonyl (C=O) groups is 1. The molecule has 0 atom stereocenters. The van der Waals surface area contributed by atoms with E-state index in [2.05, 4.69) is 10.6 Å². The van der Waals surface area contributed by atoms with Gasteiger partial charge in [-0.25, -0.2) is 13.2 Å². The topological polar surface area (TPSA) is 78.5 Å². The number of nitrogens with one attached hydrogen (secondary N) is 2. The zero-order valence-electron chi connectivity index (χ0n) is 14.7. The number of halogens is 3. The molecule has 6 nitrogen and oxygen atoms in total. The van der Waals surface area contributed by atoms with Gasteiger partial charge in [-0.15, -0.1) is 0 Å². The first-order chi connectivity index (χ1) is 13.1. The molecule has 28 heavy (non-hydrogen) atoms. The average molecular weight is 413 g/mol. The van der Waals surface area contributed by atoms with Gasteiger partial charge in [-0.3, -0.25) is 0 Å². The van der Waals surface area contributed by atoms with Crippen LogP contribution in [0.3, 0.4) is 0 Å². The van der Waals surface area contributed by atoms with Gasteiger partial charge in [0.2, 0.25) is 0 Å². The number of anilines is 3. The van der Waals surface area contributed by atoms with E-state index in [4.69, 9.17) is 0 Å². The quantitative estimate of drug-likeness (QED) is 0.806. The van der Waals surface area contributed by atoms with E-state index >= 15 is 0 Å². The highest BCUT2D eigenvalue weighted by atomic mass is 32.2. The minimum Gasteiger partial charge on any atom is -0.369 e. The van der Waals surface area contributed by atoms with Crippen molar-refractivity contribution in [2.75, 3.05) is 40.1 Å². The van der Waals surface area contributed by atoms with Crippen LogP contribution >= 0.6 is 0 Å². The first kappa shape index (κ1) is 20.0. The van der Waals surface area contributed by atoms with E-state index in [-0.39, 0.29) is 17.2 Å². The Balaban J connectivity index is 1.56. The Morgan fingerprint density at radius 1 is 0.857 bits per heavy atom. The van der Waals surface area contributed by atoms with Crippen LogP contribution in [-0.2, 0) is 16.0 Å². The Bertz CT molecular complexity index is 929. The molecule has 0 unspecified atom stereocenters. The predicted molar refractivity (Wildman–Crippen MR) is 101 cm³/mol. The Kier molecular flexibility index (Phi) is 5.50. The first-order valence-electron chi connectivity index (χ1n) is 8.43. The molecule has 1 aliphatic heterocycles. The van der Waals surface area contributed by atoms with Gasteiger partial charge in [0, 0.05) is 30.2 Å². The summed E-state index contributed by atoms with van der Waals surface area (Å²) in [5.41, 5.74) is 0.789. The second kappa shape index (κ2) is 7.70. The average Bonchev–Trinajstić information content (AvgIpc) is 2.62. The van der Waals surface area contributed by atoms with Crippen molar-refractivity contribution in [1.29, 1.82) is 0 Å². The van der Waals surface area contributed by atoms with Crippen LogP contribution in [0, 0.1) is 0 Å². The van der Waals surface area contributed by atoms with E-state index in [0.29, 0.717) is 18.8 Å². The third kappa shape index (κ3) is 5.16. The van der Waals surface area contributed by atoms with Crippen LogP contribution in [0.4, 0.5) is 35.0 Å². The highest BCUT2D eigenvalue weighted by Crippen LogP contribution is 2.29. The number of hydrogen-bond donors (Lipinski definition) is 2. The highest BCUT2D eigenvalue weighted by molar-refractivity contribution is 7.91. The number of urea groups is 1. The molecule has 1 heterocycles. The lowest BCUT2D eigenvalue weighted by molar-refractivity contribution is -0.137. The number of rotatable bonds is 3. The summed E-state index contributed by atoms with van der Waals surface area (Å²) < 4.78 is 60.6. The molecule has 2 N–H and O–H groups in total. The molecule has 2 aromatic rings. The molecular formula is C18H18F3N3O3S. The molecule has 1 saturated heterocycles. The summed E-state index contributed by atoms with van der Waals surface area (Å²) >= 11 is 0. The van der Waals surface area contributed by atoms with E-state index in [1.165, 1.54) is 12.1 Å². The predicted octanol–water partition coefficient (Wildman–Crippen LogP) is 3.58. The largest absolute Gasteiger partial charge is 0.416 e. The molecule has 0 aromatic heterocycles. The summed E-state index contributed by atoms with van der Waals surface area (Å²) in [6.07, 6.45) is -4.43. The van der Waals surface area contributed by atoms with E-state index in [1.54, 1.807) is 24.3 Å². The SMILES string of the molecule is O=C(Nc1ccc(N2CCS(=O)(=O)CC2)cc1)Nc1ccc(C(F)(F)F)cc1. The van der Waals surface area contributed by atoms with Crippen LogP contribution in [0.1, 0.15) is 5.56 Å². The Labute approximate surface area is 160 Å². The van der Waals surface area contributed by atoms with Crippen molar-refractivity contribution < 1.29 is 26.4 Å². The lowest BCUT2D eigenvalue weighted by atomic mass is 10.2. The zero-order chi connectivity index (χ0) is 20.4. The number of amides is 2. The van der Waals surface area contributed by atoms with Crippen LogP contribution in [0.2, 0.25) is 0 Å². The molecule has 0 aliphatic carbocycles. The molecule has 3 rings (SSSR count). The Morgan fingerprint density at radius 2 is 1.32 bits per heavy atom. The Hall–Kier alpha value is -2.75. The summed E-state index contributed by atoms with van der Waals surface area (Å²) in [5, 5.41) is 5.05. The van der Waals surface area contributed by atoms with Gasteiger partial charge >= 0.3 is 12.2 Å². The van der Waals surface area contributed by atoms with Gasteiger partial charge in [0.15, 0.2) is 9.84 Å². The third-order valence-corrected chi connectivity index (χ3v) is 5.91. The second-order valence-electron chi connectivity index (χ2n) is 6.34. The van der Waals surface area contributed by atoms with Crippen molar-refractivity contribution in [2.45, 2.75) is 6.18 Å². The van der Waals surface area contributed by atoms with E-state index in [1.807, 2.05) is 4.90 Å². The molecular weight excluding hydrogens is 395 g/mol. The van der Waals surface area contributed by atoms with Crippen molar-refractivity contribution in [2.24, 2.45) is 0 Å². The number of hydrogen-bond acceptors (Lipinski definition) is 4. The first-order valence-corrected chi connectivity index (χ1v) is 10.3. The van der Waals surface area contributed by atoms with E-state index in [9.17, 15) is 26.4 Å². The van der Waals surface area contributed by atoms with Crippen LogP contribution in [-0.4, -0.2) is 39.0 Å². The molecule has 0 bridgehead atoms. The molecule has 0 radical (unpaired) electrons. The fourth-order valence-electron chi connectivity index (χ4n) is 2.76. The lowest BCUT2D eigenvalue weighted by Gasteiger charge is -2.28. The number of alkyl halides is 3. The number of benzene rings is 2. The maximum absolute atomic E-state index is 12.5.